The summed E-state index contributed by atoms with van der Waals surface area (Å²) in [5.74, 6) is -1.17. The minimum Gasteiger partial charge on any atom is -0.457 e. The van der Waals surface area contributed by atoms with Crippen molar-refractivity contribution in [3.05, 3.63) is 78.0 Å². The van der Waals surface area contributed by atoms with E-state index in [1.54, 1.807) is 11.8 Å². The van der Waals surface area contributed by atoms with Crippen molar-refractivity contribution in [2.24, 2.45) is 11.8 Å². The number of esters is 1. The molecule has 158 valence electrons. The number of aliphatic hydroxyl groups is 1. The maximum Gasteiger partial charge on any atom is 0.355 e. The van der Waals surface area contributed by atoms with Gasteiger partial charge in [-0.15, -0.1) is 0 Å². The van der Waals surface area contributed by atoms with Crippen LogP contribution in [0.4, 0.5) is 0 Å². The smallest absolute Gasteiger partial charge is 0.355 e. The van der Waals surface area contributed by atoms with Crippen molar-refractivity contribution in [2.45, 2.75) is 31.9 Å². The summed E-state index contributed by atoms with van der Waals surface area (Å²) in [5.41, 5.74) is 5.70. The minimum absolute atomic E-state index is 0.0158. The summed E-state index contributed by atoms with van der Waals surface area (Å²) in [5, 5.41) is 10.2. The van der Waals surface area contributed by atoms with Gasteiger partial charge < -0.3 is 14.7 Å². The molecule has 1 aliphatic carbocycles. The Morgan fingerprint density at radius 1 is 1.23 bits per heavy atom. The van der Waals surface area contributed by atoms with E-state index in [1.165, 1.54) is 11.6 Å². The predicted octanol–water partition coefficient (Wildman–Crippen LogP) is 3.58. The van der Waals surface area contributed by atoms with Crippen LogP contribution in [0.1, 0.15) is 24.5 Å². The lowest BCUT2D eigenvalue weighted by molar-refractivity contribution is -0.164. The summed E-state index contributed by atoms with van der Waals surface area (Å²) in [6.45, 7) is 5.35. The minimum atomic E-state index is -0.754. The highest BCUT2D eigenvalue weighted by atomic mass is 16.5. The number of rotatable bonds is 5. The second kappa shape index (κ2) is 7.50. The van der Waals surface area contributed by atoms with Crippen molar-refractivity contribution in [1.82, 2.24) is 4.90 Å². The van der Waals surface area contributed by atoms with E-state index in [0.29, 0.717) is 5.70 Å². The number of ether oxygens (including phenoxy) is 1. The molecule has 1 saturated heterocycles. The van der Waals surface area contributed by atoms with Gasteiger partial charge in [0, 0.05) is 5.92 Å². The highest BCUT2D eigenvalue weighted by Gasteiger charge is 2.62. The lowest BCUT2D eigenvalue weighted by atomic mass is 9.70. The van der Waals surface area contributed by atoms with Crippen LogP contribution in [0.3, 0.4) is 0 Å². The van der Waals surface area contributed by atoms with Crippen molar-refractivity contribution in [3.8, 4) is 11.1 Å². The largest absolute Gasteiger partial charge is 0.457 e. The molecule has 5 nitrogen and oxygen atoms in total. The molecule has 1 fully saturated rings. The maximum absolute atomic E-state index is 13.1. The van der Waals surface area contributed by atoms with Gasteiger partial charge in [0.15, 0.2) is 0 Å². The highest BCUT2D eigenvalue weighted by molar-refractivity contribution is 6.08. The zero-order valence-electron chi connectivity index (χ0n) is 17.5. The molecule has 3 aliphatic rings. The number of benzene rings is 2. The van der Waals surface area contributed by atoms with Crippen LogP contribution in [0.2, 0.25) is 0 Å². The van der Waals surface area contributed by atoms with Gasteiger partial charge in [0.2, 0.25) is 5.91 Å². The number of nitrogens with zero attached hydrogens (tertiary/aromatic N) is 1. The molecular weight excluding hydrogens is 390 g/mol. The van der Waals surface area contributed by atoms with Crippen LogP contribution in [-0.2, 0) is 20.7 Å². The third-order valence-electron chi connectivity index (χ3n) is 6.77. The van der Waals surface area contributed by atoms with Crippen LogP contribution in [-0.4, -0.2) is 40.6 Å². The Kier molecular flexibility index (Phi) is 4.78. The van der Waals surface area contributed by atoms with Gasteiger partial charge in [-0.1, -0.05) is 61.2 Å². The normalized spacial score (nSPS) is 24.6. The molecule has 0 spiro atoms. The van der Waals surface area contributed by atoms with Gasteiger partial charge in [-0.25, -0.2) is 4.79 Å². The van der Waals surface area contributed by atoms with Crippen LogP contribution < -0.4 is 0 Å². The predicted molar refractivity (Wildman–Crippen MR) is 118 cm³/mol. The number of aliphatic hydroxyl groups excluding tert-OH is 1. The van der Waals surface area contributed by atoms with Crippen LogP contribution in [0.15, 0.2) is 66.9 Å². The standard InChI is InChI=1S/C26H25NO4/c1-3-14-31-26(30)24-22-19-11-7-10-17(16-8-5-4-6-9-16)18(19)12-13-20(22)23-21(15(2)28)25(29)27(23)24/h3-11,15,20-21,23,28H,1,12-14H2,2H3/t15?,20-,21?,23?/m0/s1. The van der Waals surface area contributed by atoms with E-state index in [4.69, 9.17) is 4.74 Å². The second-order valence-electron chi connectivity index (χ2n) is 8.46. The van der Waals surface area contributed by atoms with Crippen molar-refractivity contribution >= 4 is 17.4 Å². The molecule has 5 rings (SSSR count). The van der Waals surface area contributed by atoms with Gasteiger partial charge in [-0.2, -0.15) is 0 Å². The first-order valence-electron chi connectivity index (χ1n) is 10.8. The summed E-state index contributed by atoms with van der Waals surface area (Å²) < 4.78 is 5.38. The van der Waals surface area contributed by atoms with Crippen LogP contribution >= 0.6 is 0 Å². The van der Waals surface area contributed by atoms with Gasteiger partial charge in [0.05, 0.1) is 18.1 Å². The molecular formula is C26H25NO4. The van der Waals surface area contributed by atoms with Gasteiger partial charge in [-0.05, 0) is 47.6 Å². The number of carbonyl (C=O) groups is 2. The second-order valence-corrected chi connectivity index (χ2v) is 8.46. The fraction of sp³-hybridized carbons (Fsp3) is 0.308. The Bertz CT molecular complexity index is 1100. The molecule has 0 radical (unpaired) electrons. The Labute approximate surface area is 181 Å². The summed E-state index contributed by atoms with van der Waals surface area (Å²) in [6, 6.07) is 16.2. The molecule has 1 amide bonds. The molecule has 31 heavy (non-hydrogen) atoms. The van der Waals surface area contributed by atoms with E-state index >= 15 is 0 Å². The third-order valence-corrected chi connectivity index (χ3v) is 6.77. The number of fused-ring (bicyclic) bond motifs is 5. The van der Waals surface area contributed by atoms with Crippen LogP contribution in [0, 0.1) is 11.8 Å². The summed E-state index contributed by atoms with van der Waals surface area (Å²) in [6.07, 6.45) is 2.44. The fourth-order valence-corrected chi connectivity index (χ4v) is 5.54. The van der Waals surface area contributed by atoms with E-state index in [0.717, 1.165) is 35.1 Å². The molecule has 3 unspecified atom stereocenters. The lowest BCUT2D eigenvalue weighted by Gasteiger charge is -2.47. The third kappa shape index (κ3) is 2.87. The summed E-state index contributed by atoms with van der Waals surface area (Å²) >= 11 is 0. The van der Waals surface area contributed by atoms with Crippen molar-refractivity contribution in [3.63, 3.8) is 0 Å². The zero-order valence-corrected chi connectivity index (χ0v) is 17.5. The quantitative estimate of drug-likeness (QED) is 0.461. The van der Waals surface area contributed by atoms with Crippen molar-refractivity contribution < 1.29 is 19.4 Å². The van der Waals surface area contributed by atoms with E-state index in [1.807, 2.05) is 30.3 Å². The summed E-state index contributed by atoms with van der Waals surface area (Å²) in [4.78, 5) is 27.5. The SMILES string of the molecule is C=CCOC(=O)C1=C2c3cccc(-c4ccccc4)c3CC[C@@H]2C2C(C(C)O)C(=O)N12. The Balaban J connectivity index is 1.67. The molecule has 2 aromatic rings. The van der Waals surface area contributed by atoms with Gasteiger partial charge in [0.25, 0.3) is 0 Å². The van der Waals surface area contributed by atoms with E-state index in [-0.39, 0.29) is 24.5 Å². The average Bonchev–Trinajstić information content (AvgIpc) is 3.08. The fourth-order valence-electron chi connectivity index (χ4n) is 5.54. The number of carbonyl (C=O) groups excluding carboxylic acids is 2. The lowest BCUT2D eigenvalue weighted by Crippen LogP contribution is -2.64. The maximum atomic E-state index is 13.1. The van der Waals surface area contributed by atoms with E-state index in [9.17, 15) is 14.7 Å². The number of amides is 1. The molecule has 1 N–H and O–H groups in total. The Hall–Kier alpha value is -3.18. The molecule has 0 bridgehead atoms. The van der Waals surface area contributed by atoms with Crippen LogP contribution in [0.25, 0.3) is 16.7 Å². The molecule has 0 aromatic heterocycles. The van der Waals surface area contributed by atoms with Gasteiger partial charge >= 0.3 is 5.97 Å². The van der Waals surface area contributed by atoms with Gasteiger partial charge in [0.1, 0.15) is 12.3 Å². The highest BCUT2D eigenvalue weighted by Crippen LogP contribution is 2.55. The Morgan fingerprint density at radius 3 is 2.68 bits per heavy atom. The molecule has 4 atom stereocenters. The van der Waals surface area contributed by atoms with Crippen LogP contribution in [0.5, 0.6) is 0 Å². The average molecular weight is 415 g/mol. The first-order valence-corrected chi connectivity index (χ1v) is 10.8. The molecule has 2 heterocycles. The number of hydrogen-bond acceptors (Lipinski definition) is 4. The first-order chi connectivity index (χ1) is 15.0. The van der Waals surface area contributed by atoms with Crippen molar-refractivity contribution in [1.29, 1.82) is 0 Å². The van der Waals surface area contributed by atoms with Gasteiger partial charge in [-0.3, -0.25) is 4.79 Å². The Morgan fingerprint density at radius 2 is 1.97 bits per heavy atom. The van der Waals surface area contributed by atoms with E-state index < -0.39 is 18.0 Å². The van der Waals surface area contributed by atoms with E-state index in [2.05, 4.69) is 24.8 Å². The molecule has 0 saturated carbocycles. The van der Waals surface area contributed by atoms with Crippen molar-refractivity contribution in [2.75, 3.05) is 6.61 Å². The first kappa shape index (κ1) is 19.8. The number of β-lactam (4-membered cyclic amide) rings is 1. The zero-order chi connectivity index (χ0) is 21.7. The molecule has 2 aliphatic heterocycles. The summed E-state index contributed by atoms with van der Waals surface area (Å²) in [7, 11) is 0. The molecule has 2 aromatic carbocycles. The number of hydrogen-bond donors (Lipinski definition) is 1. The molecule has 5 heteroatoms. The monoisotopic (exact) mass is 415 g/mol. The topological polar surface area (TPSA) is 66.8 Å².